The van der Waals surface area contributed by atoms with Gasteiger partial charge in [-0.1, -0.05) is 13.8 Å². The maximum Gasteiger partial charge on any atom is 0.223 e. The third-order valence-corrected chi connectivity index (χ3v) is 3.96. The minimum absolute atomic E-state index is 0.153. The van der Waals surface area contributed by atoms with E-state index in [-0.39, 0.29) is 5.41 Å². The molecule has 0 aromatic carbocycles. The standard InChI is InChI=1S/C14H23N5S/c1-9-6-10-11(17-13(15)18-12(10)20-9)16-7-14(2,3)8-19(4)5/h6H,7-8H2,1-5H3,(H3,15,16,17,18). The highest BCUT2D eigenvalue weighted by Crippen LogP contribution is 2.29. The fourth-order valence-electron chi connectivity index (χ4n) is 2.43. The van der Waals surface area contributed by atoms with Gasteiger partial charge in [-0.2, -0.15) is 4.98 Å². The highest BCUT2D eigenvalue weighted by Gasteiger charge is 2.20. The molecule has 2 rings (SSSR count). The Balaban J connectivity index is 2.21. The summed E-state index contributed by atoms with van der Waals surface area (Å²) < 4.78 is 0. The van der Waals surface area contributed by atoms with E-state index >= 15 is 0 Å². The second-order valence-corrected chi connectivity index (χ2v) is 7.50. The number of nitrogen functional groups attached to an aromatic ring is 1. The molecule has 0 radical (unpaired) electrons. The van der Waals surface area contributed by atoms with Crippen molar-refractivity contribution in [3.05, 3.63) is 10.9 Å². The average Bonchev–Trinajstić information content (AvgIpc) is 2.64. The molecule has 2 aromatic rings. The summed E-state index contributed by atoms with van der Waals surface area (Å²) >= 11 is 1.65. The van der Waals surface area contributed by atoms with Gasteiger partial charge < -0.3 is 16.0 Å². The molecule has 2 heterocycles. The van der Waals surface area contributed by atoms with Gasteiger partial charge in [-0.3, -0.25) is 0 Å². The van der Waals surface area contributed by atoms with E-state index in [2.05, 4.69) is 61.1 Å². The van der Waals surface area contributed by atoms with Crippen LogP contribution in [0.4, 0.5) is 11.8 Å². The molecule has 20 heavy (non-hydrogen) atoms. The van der Waals surface area contributed by atoms with Gasteiger partial charge in [-0.25, -0.2) is 4.98 Å². The lowest BCUT2D eigenvalue weighted by Gasteiger charge is -2.28. The Morgan fingerprint density at radius 3 is 2.70 bits per heavy atom. The quantitative estimate of drug-likeness (QED) is 0.887. The Labute approximate surface area is 124 Å². The number of anilines is 2. The molecule has 5 nitrogen and oxygen atoms in total. The number of aromatic nitrogens is 2. The van der Waals surface area contributed by atoms with Crippen molar-refractivity contribution in [2.24, 2.45) is 5.41 Å². The van der Waals surface area contributed by atoms with Gasteiger partial charge >= 0.3 is 0 Å². The SMILES string of the molecule is Cc1cc2c(NCC(C)(C)CN(C)C)nc(N)nc2s1. The van der Waals surface area contributed by atoms with Crippen molar-refractivity contribution in [3.8, 4) is 0 Å². The van der Waals surface area contributed by atoms with Crippen LogP contribution >= 0.6 is 11.3 Å². The van der Waals surface area contributed by atoms with Crippen molar-refractivity contribution < 1.29 is 0 Å². The summed E-state index contributed by atoms with van der Waals surface area (Å²) in [6.07, 6.45) is 0. The Morgan fingerprint density at radius 1 is 1.35 bits per heavy atom. The monoisotopic (exact) mass is 293 g/mol. The first-order chi connectivity index (χ1) is 9.27. The summed E-state index contributed by atoms with van der Waals surface area (Å²) in [5.41, 5.74) is 5.94. The minimum atomic E-state index is 0.153. The fourth-order valence-corrected chi connectivity index (χ4v) is 3.31. The van der Waals surface area contributed by atoms with Gasteiger partial charge in [-0.15, -0.1) is 11.3 Å². The lowest BCUT2D eigenvalue weighted by atomic mass is 9.93. The number of fused-ring (bicyclic) bond motifs is 1. The second-order valence-electron chi connectivity index (χ2n) is 6.26. The zero-order valence-corrected chi connectivity index (χ0v) is 13.6. The van der Waals surface area contributed by atoms with Crippen LogP contribution in [0.15, 0.2) is 6.07 Å². The topological polar surface area (TPSA) is 67.1 Å². The molecule has 0 aliphatic carbocycles. The number of hydrogen-bond donors (Lipinski definition) is 2. The first-order valence-electron chi connectivity index (χ1n) is 6.69. The first kappa shape index (κ1) is 15.0. The van der Waals surface area contributed by atoms with Crippen molar-refractivity contribution >= 4 is 33.3 Å². The lowest BCUT2D eigenvalue weighted by molar-refractivity contribution is 0.254. The molecular formula is C14H23N5S. The number of nitrogens with two attached hydrogens (primary N) is 1. The van der Waals surface area contributed by atoms with E-state index in [1.807, 2.05) is 0 Å². The van der Waals surface area contributed by atoms with Gasteiger partial charge in [0.2, 0.25) is 5.95 Å². The summed E-state index contributed by atoms with van der Waals surface area (Å²) in [6, 6.07) is 2.11. The molecule has 0 spiro atoms. The van der Waals surface area contributed by atoms with Gasteiger partial charge in [0.15, 0.2) is 0 Å². The molecule has 0 aliphatic rings. The highest BCUT2D eigenvalue weighted by atomic mass is 32.1. The van der Waals surface area contributed by atoms with Crippen molar-refractivity contribution in [2.75, 3.05) is 38.2 Å². The van der Waals surface area contributed by atoms with Crippen LogP contribution in [0.25, 0.3) is 10.2 Å². The third kappa shape index (κ3) is 3.58. The average molecular weight is 293 g/mol. The molecule has 0 saturated carbocycles. The van der Waals surface area contributed by atoms with E-state index < -0.39 is 0 Å². The number of thiophene rings is 1. The van der Waals surface area contributed by atoms with E-state index in [9.17, 15) is 0 Å². The van der Waals surface area contributed by atoms with Crippen molar-refractivity contribution in [1.29, 1.82) is 0 Å². The summed E-state index contributed by atoms with van der Waals surface area (Å²) in [7, 11) is 4.18. The zero-order chi connectivity index (χ0) is 14.9. The van der Waals surface area contributed by atoms with Crippen LogP contribution in [-0.4, -0.2) is 42.1 Å². The van der Waals surface area contributed by atoms with Crippen LogP contribution in [0.5, 0.6) is 0 Å². The minimum Gasteiger partial charge on any atom is -0.369 e. The van der Waals surface area contributed by atoms with Gasteiger partial charge in [0, 0.05) is 18.0 Å². The molecule has 110 valence electrons. The number of hydrogen-bond acceptors (Lipinski definition) is 6. The maximum absolute atomic E-state index is 5.79. The Kier molecular flexibility index (Phi) is 4.15. The third-order valence-electron chi connectivity index (χ3n) is 3.01. The van der Waals surface area contributed by atoms with Crippen LogP contribution in [0.3, 0.4) is 0 Å². The van der Waals surface area contributed by atoms with Crippen LogP contribution in [-0.2, 0) is 0 Å². The van der Waals surface area contributed by atoms with Crippen molar-refractivity contribution in [3.63, 3.8) is 0 Å². The Morgan fingerprint density at radius 2 is 2.05 bits per heavy atom. The molecule has 0 fully saturated rings. The zero-order valence-electron chi connectivity index (χ0n) is 12.8. The summed E-state index contributed by atoms with van der Waals surface area (Å²) in [4.78, 5) is 13.0. The van der Waals surface area contributed by atoms with Crippen molar-refractivity contribution in [1.82, 2.24) is 14.9 Å². The van der Waals surface area contributed by atoms with E-state index in [1.54, 1.807) is 11.3 Å². The summed E-state index contributed by atoms with van der Waals surface area (Å²) in [5, 5.41) is 4.49. The van der Waals surface area contributed by atoms with Crippen LogP contribution in [0.2, 0.25) is 0 Å². The Hall–Kier alpha value is -1.40. The lowest BCUT2D eigenvalue weighted by Crippen LogP contribution is -2.34. The molecule has 0 atom stereocenters. The number of nitrogens with zero attached hydrogens (tertiary/aromatic N) is 3. The van der Waals surface area contributed by atoms with Crippen LogP contribution in [0.1, 0.15) is 18.7 Å². The highest BCUT2D eigenvalue weighted by molar-refractivity contribution is 7.18. The number of aryl methyl sites for hydroxylation is 1. The molecule has 2 aromatic heterocycles. The predicted molar refractivity (Wildman–Crippen MR) is 87.4 cm³/mol. The molecule has 6 heteroatoms. The van der Waals surface area contributed by atoms with Crippen LogP contribution in [0, 0.1) is 12.3 Å². The maximum atomic E-state index is 5.79. The molecule has 3 N–H and O–H groups in total. The smallest absolute Gasteiger partial charge is 0.223 e. The summed E-state index contributed by atoms with van der Waals surface area (Å²) in [5.74, 6) is 1.16. The van der Waals surface area contributed by atoms with Crippen molar-refractivity contribution in [2.45, 2.75) is 20.8 Å². The summed E-state index contributed by atoms with van der Waals surface area (Å²) in [6.45, 7) is 8.39. The Bertz CT molecular complexity index is 603. The van der Waals surface area contributed by atoms with Crippen LogP contribution < -0.4 is 11.1 Å². The van der Waals surface area contributed by atoms with E-state index in [1.165, 1.54) is 4.88 Å². The van der Waals surface area contributed by atoms with E-state index in [0.717, 1.165) is 29.1 Å². The van der Waals surface area contributed by atoms with E-state index in [0.29, 0.717) is 5.95 Å². The fraction of sp³-hybridized carbons (Fsp3) is 0.571. The number of nitrogens with one attached hydrogen (secondary N) is 1. The molecular weight excluding hydrogens is 270 g/mol. The molecule has 0 aliphatic heterocycles. The predicted octanol–water partition coefficient (Wildman–Crippen LogP) is 2.58. The largest absolute Gasteiger partial charge is 0.369 e. The van der Waals surface area contributed by atoms with E-state index in [4.69, 9.17) is 5.73 Å². The molecule has 0 saturated heterocycles. The second kappa shape index (κ2) is 5.54. The van der Waals surface area contributed by atoms with Gasteiger partial charge in [0.1, 0.15) is 10.6 Å². The molecule has 0 unspecified atom stereocenters. The first-order valence-corrected chi connectivity index (χ1v) is 7.51. The molecule has 0 amide bonds. The van der Waals surface area contributed by atoms with Gasteiger partial charge in [0.05, 0.1) is 5.39 Å². The molecule has 0 bridgehead atoms. The normalized spacial score (nSPS) is 12.3. The van der Waals surface area contributed by atoms with Gasteiger partial charge in [-0.05, 0) is 32.5 Å². The number of rotatable bonds is 5. The van der Waals surface area contributed by atoms with Gasteiger partial charge in [0.25, 0.3) is 0 Å².